The molecule has 0 saturated carbocycles. The van der Waals surface area contributed by atoms with Crippen LogP contribution in [0.15, 0.2) is 42.7 Å². The summed E-state index contributed by atoms with van der Waals surface area (Å²) in [5.74, 6) is 1.47. The van der Waals surface area contributed by atoms with E-state index in [1.54, 1.807) is 13.3 Å². The zero-order chi connectivity index (χ0) is 13.1. The van der Waals surface area contributed by atoms with Crippen molar-refractivity contribution in [3.63, 3.8) is 0 Å². The van der Waals surface area contributed by atoms with Crippen molar-refractivity contribution >= 4 is 17.0 Å². The SMILES string of the molecule is COc1ccc(CNc2ncc3cc[nH]c3n2)cc1. The fraction of sp³-hybridized carbons (Fsp3) is 0.143. The number of hydrogen-bond acceptors (Lipinski definition) is 4. The molecule has 0 radical (unpaired) electrons. The molecule has 0 spiro atoms. The third-order valence-corrected chi connectivity index (χ3v) is 2.91. The summed E-state index contributed by atoms with van der Waals surface area (Å²) in [4.78, 5) is 11.7. The number of ether oxygens (including phenoxy) is 1. The zero-order valence-corrected chi connectivity index (χ0v) is 10.6. The third-order valence-electron chi connectivity index (χ3n) is 2.91. The van der Waals surface area contributed by atoms with Gasteiger partial charge in [0.1, 0.15) is 11.4 Å². The molecule has 2 heterocycles. The number of anilines is 1. The Morgan fingerprint density at radius 2 is 2.05 bits per heavy atom. The molecule has 5 heteroatoms. The molecule has 0 atom stereocenters. The van der Waals surface area contributed by atoms with E-state index in [2.05, 4.69) is 20.3 Å². The van der Waals surface area contributed by atoms with Gasteiger partial charge in [0.15, 0.2) is 0 Å². The van der Waals surface area contributed by atoms with Crippen LogP contribution in [0.2, 0.25) is 0 Å². The van der Waals surface area contributed by atoms with Gasteiger partial charge in [0, 0.05) is 24.3 Å². The molecule has 0 fully saturated rings. The van der Waals surface area contributed by atoms with E-state index in [-0.39, 0.29) is 0 Å². The Kier molecular flexibility index (Phi) is 3.02. The van der Waals surface area contributed by atoms with E-state index in [1.807, 2.05) is 36.5 Å². The lowest BCUT2D eigenvalue weighted by Gasteiger charge is -2.05. The van der Waals surface area contributed by atoms with Gasteiger partial charge in [0.05, 0.1) is 7.11 Å². The fourth-order valence-corrected chi connectivity index (χ4v) is 1.85. The number of aromatic nitrogens is 3. The van der Waals surface area contributed by atoms with Gasteiger partial charge >= 0.3 is 0 Å². The van der Waals surface area contributed by atoms with Crippen molar-refractivity contribution in [2.24, 2.45) is 0 Å². The number of rotatable bonds is 4. The van der Waals surface area contributed by atoms with E-state index in [1.165, 1.54) is 0 Å². The predicted octanol–water partition coefficient (Wildman–Crippen LogP) is 2.58. The van der Waals surface area contributed by atoms with E-state index in [0.717, 1.165) is 22.3 Å². The molecule has 0 aliphatic heterocycles. The zero-order valence-electron chi connectivity index (χ0n) is 10.6. The molecule has 3 rings (SSSR count). The topological polar surface area (TPSA) is 62.8 Å². The summed E-state index contributed by atoms with van der Waals surface area (Å²) in [6.45, 7) is 0.677. The van der Waals surface area contributed by atoms with Crippen LogP contribution in [0.25, 0.3) is 11.0 Å². The van der Waals surface area contributed by atoms with Gasteiger partial charge in [-0.05, 0) is 23.8 Å². The first-order valence-corrected chi connectivity index (χ1v) is 6.02. The average molecular weight is 254 g/mol. The lowest BCUT2D eigenvalue weighted by atomic mass is 10.2. The summed E-state index contributed by atoms with van der Waals surface area (Å²) in [5, 5.41) is 4.21. The molecule has 19 heavy (non-hydrogen) atoms. The molecule has 0 unspecified atom stereocenters. The summed E-state index contributed by atoms with van der Waals surface area (Å²) in [7, 11) is 1.66. The van der Waals surface area contributed by atoms with Crippen LogP contribution in [-0.2, 0) is 6.54 Å². The highest BCUT2D eigenvalue weighted by atomic mass is 16.5. The van der Waals surface area contributed by atoms with Crippen LogP contribution in [0.1, 0.15) is 5.56 Å². The van der Waals surface area contributed by atoms with Crippen LogP contribution in [0.3, 0.4) is 0 Å². The first-order chi connectivity index (χ1) is 9.35. The average Bonchev–Trinajstić information content (AvgIpc) is 2.93. The van der Waals surface area contributed by atoms with Crippen molar-refractivity contribution in [3.8, 4) is 5.75 Å². The molecule has 0 aliphatic rings. The molecule has 1 aromatic carbocycles. The van der Waals surface area contributed by atoms with E-state index in [9.17, 15) is 0 Å². The predicted molar refractivity (Wildman–Crippen MR) is 74.2 cm³/mol. The van der Waals surface area contributed by atoms with Crippen molar-refractivity contribution in [1.29, 1.82) is 0 Å². The quantitative estimate of drug-likeness (QED) is 0.751. The molecular formula is C14H14N4O. The van der Waals surface area contributed by atoms with Gasteiger partial charge in [-0.2, -0.15) is 4.98 Å². The summed E-state index contributed by atoms with van der Waals surface area (Å²) in [5.41, 5.74) is 1.99. The molecule has 3 aromatic rings. The third kappa shape index (κ3) is 2.49. The number of fused-ring (bicyclic) bond motifs is 1. The van der Waals surface area contributed by atoms with Gasteiger partial charge in [-0.15, -0.1) is 0 Å². The lowest BCUT2D eigenvalue weighted by Crippen LogP contribution is -2.03. The number of methoxy groups -OCH3 is 1. The Labute approximate surface area is 110 Å². The lowest BCUT2D eigenvalue weighted by molar-refractivity contribution is 0.414. The monoisotopic (exact) mass is 254 g/mol. The fourth-order valence-electron chi connectivity index (χ4n) is 1.85. The smallest absolute Gasteiger partial charge is 0.224 e. The minimum absolute atomic E-state index is 0.616. The van der Waals surface area contributed by atoms with Gasteiger partial charge in [-0.25, -0.2) is 4.98 Å². The Morgan fingerprint density at radius 3 is 2.84 bits per heavy atom. The van der Waals surface area contributed by atoms with Crippen molar-refractivity contribution in [1.82, 2.24) is 15.0 Å². The summed E-state index contributed by atoms with van der Waals surface area (Å²) < 4.78 is 5.12. The molecule has 2 N–H and O–H groups in total. The number of hydrogen-bond donors (Lipinski definition) is 2. The largest absolute Gasteiger partial charge is 0.497 e. The van der Waals surface area contributed by atoms with E-state index in [0.29, 0.717) is 12.5 Å². The second kappa shape index (κ2) is 4.97. The summed E-state index contributed by atoms with van der Waals surface area (Å²) >= 11 is 0. The van der Waals surface area contributed by atoms with Crippen LogP contribution < -0.4 is 10.1 Å². The molecule has 5 nitrogen and oxygen atoms in total. The highest BCUT2D eigenvalue weighted by molar-refractivity contribution is 5.75. The molecule has 0 saturated heterocycles. The minimum Gasteiger partial charge on any atom is -0.497 e. The number of aromatic amines is 1. The molecule has 2 aromatic heterocycles. The van der Waals surface area contributed by atoms with Crippen LogP contribution in [0.5, 0.6) is 5.75 Å². The molecule has 0 bridgehead atoms. The van der Waals surface area contributed by atoms with Crippen LogP contribution in [0, 0.1) is 0 Å². The highest BCUT2D eigenvalue weighted by Crippen LogP contribution is 2.13. The van der Waals surface area contributed by atoms with Crippen LogP contribution >= 0.6 is 0 Å². The number of benzene rings is 1. The van der Waals surface area contributed by atoms with Gasteiger partial charge in [0.2, 0.25) is 5.95 Å². The second-order valence-corrected chi connectivity index (χ2v) is 4.18. The van der Waals surface area contributed by atoms with E-state index >= 15 is 0 Å². The maximum atomic E-state index is 5.12. The molecule has 0 aliphatic carbocycles. The van der Waals surface area contributed by atoms with Crippen molar-refractivity contribution < 1.29 is 4.74 Å². The first kappa shape index (κ1) is 11.5. The number of H-pyrrole nitrogens is 1. The maximum absolute atomic E-state index is 5.12. The van der Waals surface area contributed by atoms with Crippen molar-refractivity contribution in [2.75, 3.05) is 12.4 Å². The first-order valence-electron chi connectivity index (χ1n) is 6.02. The second-order valence-electron chi connectivity index (χ2n) is 4.18. The number of nitrogens with one attached hydrogen (secondary N) is 2. The standard InChI is InChI=1S/C14H14N4O/c1-19-12-4-2-10(3-5-12)8-16-14-17-9-11-6-7-15-13(11)18-14/h2-7,9H,8H2,1H3,(H2,15,16,17,18). The minimum atomic E-state index is 0.616. The Balaban J connectivity index is 1.70. The van der Waals surface area contributed by atoms with Gasteiger partial charge in [-0.1, -0.05) is 12.1 Å². The Hall–Kier alpha value is -2.56. The van der Waals surface area contributed by atoms with Crippen LogP contribution in [-0.4, -0.2) is 22.1 Å². The van der Waals surface area contributed by atoms with Crippen molar-refractivity contribution in [3.05, 3.63) is 48.3 Å². The normalized spacial score (nSPS) is 10.6. The van der Waals surface area contributed by atoms with Gasteiger partial charge in [0.25, 0.3) is 0 Å². The Morgan fingerprint density at radius 1 is 1.21 bits per heavy atom. The summed E-state index contributed by atoms with van der Waals surface area (Å²) in [6.07, 6.45) is 3.65. The number of nitrogens with zero attached hydrogens (tertiary/aromatic N) is 2. The van der Waals surface area contributed by atoms with E-state index < -0.39 is 0 Å². The van der Waals surface area contributed by atoms with Crippen molar-refractivity contribution in [2.45, 2.75) is 6.54 Å². The molecular weight excluding hydrogens is 240 g/mol. The molecule has 96 valence electrons. The Bertz CT molecular complexity index is 675. The maximum Gasteiger partial charge on any atom is 0.224 e. The van der Waals surface area contributed by atoms with Crippen LogP contribution in [0.4, 0.5) is 5.95 Å². The van der Waals surface area contributed by atoms with Gasteiger partial charge in [-0.3, -0.25) is 0 Å². The van der Waals surface area contributed by atoms with E-state index in [4.69, 9.17) is 4.74 Å². The van der Waals surface area contributed by atoms with Gasteiger partial charge < -0.3 is 15.0 Å². The summed E-state index contributed by atoms with van der Waals surface area (Å²) in [6, 6.07) is 9.85. The highest BCUT2D eigenvalue weighted by Gasteiger charge is 2.00. The molecule has 0 amide bonds.